The highest BCUT2D eigenvalue weighted by Gasteiger charge is 2.25. The minimum atomic E-state index is -0.347. The monoisotopic (exact) mass is 172 g/mol. The number of nitrogens with one attached hydrogen (secondary N) is 1. The fraction of sp³-hybridized carbons (Fsp3) is 0.875. The molecule has 0 aromatic heterocycles. The molecule has 0 radical (unpaired) electrons. The van der Waals surface area contributed by atoms with E-state index in [2.05, 4.69) is 5.32 Å². The first-order chi connectivity index (χ1) is 5.74. The molecule has 4 heteroatoms. The zero-order chi connectivity index (χ0) is 8.97. The van der Waals surface area contributed by atoms with Crippen LogP contribution in [0.5, 0.6) is 0 Å². The number of carbonyl (C=O) groups is 1. The summed E-state index contributed by atoms with van der Waals surface area (Å²) in [6, 6.07) is 0.221. The van der Waals surface area contributed by atoms with Gasteiger partial charge in [0.2, 0.25) is 0 Å². The van der Waals surface area contributed by atoms with Crippen LogP contribution in [0.2, 0.25) is 0 Å². The van der Waals surface area contributed by atoms with Crippen LogP contribution in [0.1, 0.15) is 26.2 Å². The van der Waals surface area contributed by atoms with Crippen LogP contribution >= 0.6 is 0 Å². The van der Waals surface area contributed by atoms with Crippen LogP contribution in [0.25, 0.3) is 0 Å². The summed E-state index contributed by atoms with van der Waals surface area (Å²) in [4.78, 5) is 11.0. The van der Waals surface area contributed by atoms with Crippen LogP contribution in [-0.4, -0.2) is 24.8 Å². The van der Waals surface area contributed by atoms with E-state index < -0.39 is 0 Å². The molecule has 1 amide bonds. The summed E-state index contributed by atoms with van der Waals surface area (Å²) in [6.45, 7) is 2.20. The molecule has 12 heavy (non-hydrogen) atoms. The van der Waals surface area contributed by atoms with E-state index in [1.807, 2.05) is 0 Å². The van der Waals surface area contributed by atoms with Gasteiger partial charge in [-0.3, -0.25) is 0 Å². The molecular weight excluding hydrogens is 156 g/mol. The normalized spacial score (nSPS) is 28.5. The molecule has 1 rings (SSSR count). The van der Waals surface area contributed by atoms with E-state index in [1.165, 1.54) is 0 Å². The number of hydrogen-bond donors (Lipinski definition) is 2. The first kappa shape index (κ1) is 9.32. The van der Waals surface area contributed by atoms with E-state index in [-0.39, 0.29) is 18.2 Å². The molecule has 1 aliphatic carbocycles. The maximum Gasteiger partial charge on any atom is 0.407 e. The zero-order valence-corrected chi connectivity index (χ0v) is 7.38. The van der Waals surface area contributed by atoms with Gasteiger partial charge in [0.1, 0.15) is 0 Å². The second-order valence-corrected chi connectivity index (χ2v) is 3.07. The SMILES string of the molecule is CCOC(=O)N[C@H]1CCC[C@H]1N. The Labute approximate surface area is 72.5 Å². The summed E-state index contributed by atoms with van der Waals surface area (Å²) < 4.78 is 4.75. The molecule has 0 aromatic rings. The van der Waals surface area contributed by atoms with Gasteiger partial charge < -0.3 is 15.8 Å². The molecule has 3 N–H and O–H groups in total. The molecule has 0 aliphatic heterocycles. The van der Waals surface area contributed by atoms with Gasteiger partial charge in [0.05, 0.1) is 6.61 Å². The average molecular weight is 172 g/mol. The molecule has 1 fully saturated rings. The summed E-state index contributed by atoms with van der Waals surface area (Å²) in [6.07, 6.45) is 2.72. The van der Waals surface area contributed by atoms with E-state index in [0.29, 0.717) is 6.61 Å². The van der Waals surface area contributed by atoms with Crippen molar-refractivity contribution in [3.8, 4) is 0 Å². The van der Waals surface area contributed by atoms with Crippen LogP contribution < -0.4 is 11.1 Å². The van der Waals surface area contributed by atoms with Crippen molar-refractivity contribution in [2.24, 2.45) is 5.73 Å². The van der Waals surface area contributed by atoms with Crippen molar-refractivity contribution in [1.29, 1.82) is 0 Å². The standard InChI is InChI=1S/C8H16N2O2/c1-2-12-8(11)10-7-5-3-4-6(7)9/h6-7H,2-5,9H2,1H3,(H,10,11)/t6-,7+/m1/s1. The molecule has 0 bridgehead atoms. The van der Waals surface area contributed by atoms with E-state index in [1.54, 1.807) is 6.92 Å². The fourth-order valence-electron chi connectivity index (χ4n) is 1.49. The van der Waals surface area contributed by atoms with Crippen LogP contribution in [0.3, 0.4) is 0 Å². The van der Waals surface area contributed by atoms with Crippen molar-refractivity contribution in [3.05, 3.63) is 0 Å². The fourth-order valence-corrected chi connectivity index (χ4v) is 1.49. The minimum absolute atomic E-state index is 0.106. The molecule has 0 spiro atoms. The molecule has 0 saturated heterocycles. The third-order valence-corrected chi connectivity index (χ3v) is 2.15. The van der Waals surface area contributed by atoms with Gasteiger partial charge in [-0.25, -0.2) is 4.79 Å². The molecule has 0 unspecified atom stereocenters. The van der Waals surface area contributed by atoms with Crippen molar-refractivity contribution in [3.63, 3.8) is 0 Å². The maximum atomic E-state index is 11.0. The highest BCUT2D eigenvalue weighted by Crippen LogP contribution is 2.16. The zero-order valence-electron chi connectivity index (χ0n) is 7.38. The lowest BCUT2D eigenvalue weighted by molar-refractivity contribution is 0.147. The lowest BCUT2D eigenvalue weighted by Gasteiger charge is -2.16. The molecule has 2 atom stereocenters. The predicted molar refractivity (Wildman–Crippen MR) is 45.8 cm³/mol. The number of rotatable bonds is 2. The molecule has 0 heterocycles. The lowest BCUT2D eigenvalue weighted by Crippen LogP contribution is -2.44. The smallest absolute Gasteiger partial charge is 0.407 e. The predicted octanol–water partition coefficient (Wildman–Crippen LogP) is 0.612. The highest BCUT2D eigenvalue weighted by atomic mass is 16.5. The molecule has 1 saturated carbocycles. The van der Waals surface area contributed by atoms with Crippen molar-refractivity contribution in [1.82, 2.24) is 5.32 Å². The third kappa shape index (κ3) is 2.37. The summed E-state index contributed by atoms with van der Waals surface area (Å²) in [7, 11) is 0. The van der Waals surface area contributed by atoms with Crippen LogP contribution in [0.4, 0.5) is 4.79 Å². The van der Waals surface area contributed by atoms with Crippen molar-refractivity contribution in [2.45, 2.75) is 38.3 Å². The van der Waals surface area contributed by atoms with Gasteiger partial charge in [0.15, 0.2) is 0 Å². The number of carbonyl (C=O) groups excluding carboxylic acids is 1. The summed E-state index contributed by atoms with van der Waals surface area (Å²) in [5.41, 5.74) is 5.75. The number of amides is 1. The Hall–Kier alpha value is -0.770. The quantitative estimate of drug-likeness (QED) is 0.641. The molecule has 0 aromatic carbocycles. The molecule has 1 aliphatic rings. The largest absolute Gasteiger partial charge is 0.450 e. The van der Waals surface area contributed by atoms with Gasteiger partial charge in [-0.05, 0) is 26.2 Å². The van der Waals surface area contributed by atoms with Crippen LogP contribution in [0.15, 0.2) is 0 Å². The van der Waals surface area contributed by atoms with E-state index in [4.69, 9.17) is 10.5 Å². The van der Waals surface area contributed by atoms with E-state index in [9.17, 15) is 4.79 Å². The van der Waals surface area contributed by atoms with Gasteiger partial charge in [0.25, 0.3) is 0 Å². The molecular formula is C8H16N2O2. The van der Waals surface area contributed by atoms with E-state index >= 15 is 0 Å². The highest BCUT2D eigenvalue weighted by molar-refractivity contribution is 5.67. The van der Waals surface area contributed by atoms with Gasteiger partial charge in [0, 0.05) is 12.1 Å². The van der Waals surface area contributed by atoms with Gasteiger partial charge >= 0.3 is 6.09 Å². The average Bonchev–Trinajstić information content (AvgIpc) is 2.37. The molecule has 70 valence electrons. The topological polar surface area (TPSA) is 64.3 Å². The number of hydrogen-bond acceptors (Lipinski definition) is 3. The van der Waals surface area contributed by atoms with Gasteiger partial charge in [-0.1, -0.05) is 0 Å². The Bertz CT molecular complexity index is 161. The second-order valence-electron chi connectivity index (χ2n) is 3.07. The number of ether oxygens (including phenoxy) is 1. The molecule has 4 nitrogen and oxygen atoms in total. The summed E-state index contributed by atoms with van der Waals surface area (Å²) in [5.74, 6) is 0. The van der Waals surface area contributed by atoms with Crippen molar-refractivity contribution in [2.75, 3.05) is 6.61 Å². The van der Waals surface area contributed by atoms with Gasteiger partial charge in [-0.15, -0.1) is 0 Å². The Kier molecular flexibility index (Phi) is 3.34. The number of nitrogens with two attached hydrogens (primary N) is 1. The van der Waals surface area contributed by atoms with Crippen LogP contribution in [-0.2, 0) is 4.74 Å². The lowest BCUT2D eigenvalue weighted by atomic mass is 10.2. The third-order valence-electron chi connectivity index (χ3n) is 2.15. The minimum Gasteiger partial charge on any atom is -0.450 e. The first-order valence-corrected chi connectivity index (χ1v) is 4.43. The van der Waals surface area contributed by atoms with Gasteiger partial charge in [-0.2, -0.15) is 0 Å². The number of alkyl carbamates (subject to hydrolysis) is 1. The summed E-state index contributed by atoms with van der Waals surface area (Å²) in [5, 5.41) is 2.74. The Morgan fingerprint density at radius 1 is 1.67 bits per heavy atom. The summed E-state index contributed by atoms with van der Waals surface area (Å²) >= 11 is 0. The van der Waals surface area contributed by atoms with Crippen molar-refractivity contribution < 1.29 is 9.53 Å². The van der Waals surface area contributed by atoms with Crippen molar-refractivity contribution >= 4 is 6.09 Å². The Morgan fingerprint density at radius 3 is 2.92 bits per heavy atom. The first-order valence-electron chi connectivity index (χ1n) is 4.43. The van der Waals surface area contributed by atoms with E-state index in [0.717, 1.165) is 19.3 Å². The maximum absolute atomic E-state index is 11.0. The Balaban J connectivity index is 2.25. The second kappa shape index (κ2) is 4.30. The van der Waals surface area contributed by atoms with Crippen LogP contribution in [0, 0.1) is 0 Å². The Morgan fingerprint density at radius 2 is 2.42 bits per heavy atom.